The van der Waals surface area contributed by atoms with Gasteiger partial charge in [0, 0.05) is 18.5 Å². The minimum absolute atomic E-state index is 0.0301. The number of carbonyl (C=O) groups is 1. The van der Waals surface area contributed by atoms with Crippen LogP contribution in [-0.4, -0.2) is 26.4 Å². The van der Waals surface area contributed by atoms with Gasteiger partial charge in [-0.1, -0.05) is 0 Å². The fraction of sp³-hybridized carbons (Fsp3) is 0.462. The number of alkyl carbamates (subject to hydrolysis) is 1. The van der Waals surface area contributed by atoms with E-state index in [1.807, 2.05) is 0 Å². The Labute approximate surface area is 119 Å². The van der Waals surface area contributed by atoms with Gasteiger partial charge in [-0.05, 0) is 44.5 Å². The molecule has 0 spiro atoms. The fourth-order valence-corrected chi connectivity index (χ4v) is 2.50. The zero-order valence-corrected chi connectivity index (χ0v) is 12.9. The van der Waals surface area contributed by atoms with E-state index in [9.17, 15) is 13.2 Å². The maximum Gasteiger partial charge on any atom is 0.407 e. The molecule has 0 atom stereocenters. The molecule has 20 heavy (non-hydrogen) atoms. The number of anilines is 1. The van der Waals surface area contributed by atoms with Crippen molar-refractivity contribution in [1.29, 1.82) is 0 Å². The summed E-state index contributed by atoms with van der Waals surface area (Å²) in [5.74, 6) is 0. The van der Waals surface area contributed by atoms with Gasteiger partial charge in [-0.25, -0.2) is 13.2 Å². The first-order valence-corrected chi connectivity index (χ1v) is 7.93. The van der Waals surface area contributed by atoms with E-state index >= 15 is 0 Å². The molecular formula is C13H20N2O4S. The van der Waals surface area contributed by atoms with Crippen molar-refractivity contribution >= 4 is 21.6 Å². The lowest BCUT2D eigenvalue weighted by molar-refractivity contribution is 0.0523. The minimum atomic E-state index is -3.38. The molecule has 6 nitrogen and oxygen atoms in total. The zero-order chi connectivity index (χ0) is 15.6. The van der Waals surface area contributed by atoms with Crippen LogP contribution in [0.4, 0.5) is 10.5 Å². The smallest absolute Gasteiger partial charge is 0.407 e. The monoisotopic (exact) mass is 300 g/mol. The SMILES string of the molecule is CC(C)(C)OC(=O)NCc1cc(N)ccc1S(C)(=O)=O. The summed E-state index contributed by atoms with van der Waals surface area (Å²) in [5, 5.41) is 2.51. The van der Waals surface area contributed by atoms with Gasteiger partial charge < -0.3 is 15.8 Å². The van der Waals surface area contributed by atoms with Gasteiger partial charge in [0.1, 0.15) is 5.60 Å². The highest BCUT2D eigenvalue weighted by molar-refractivity contribution is 7.90. The molecule has 0 unspecified atom stereocenters. The highest BCUT2D eigenvalue weighted by atomic mass is 32.2. The van der Waals surface area contributed by atoms with E-state index in [1.165, 1.54) is 18.2 Å². The molecule has 0 heterocycles. The van der Waals surface area contributed by atoms with E-state index < -0.39 is 21.5 Å². The van der Waals surface area contributed by atoms with E-state index in [2.05, 4.69) is 5.32 Å². The molecule has 7 heteroatoms. The maximum atomic E-state index is 11.7. The number of nitrogens with one attached hydrogen (secondary N) is 1. The third kappa shape index (κ3) is 5.08. The predicted molar refractivity (Wildman–Crippen MR) is 77.0 cm³/mol. The summed E-state index contributed by atoms with van der Waals surface area (Å²) < 4.78 is 28.4. The third-order valence-electron chi connectivity index (χ3n) is 2.31. The molecular weight excluding hydrogens is 280 g/mol. The van der Waals surface area contributed by atoms with Crippen LogP contribution in [0.25, 0.3) is 0 Å². The zero-order valence-electron chi connectivity index (χ0n) is 12.1. The Morgan fingerprint density at radius 2 is 1.95 bits per heavy atom. The van der Waals surface area contributed by atoms with Crippen molar-refractivity contribution < 1.29 is 17.9 Å². The van der Waals surface area contributed by atoms with E-state index in [0.717, 1.165) is 6.26 Å². The summed E-state index contributed by atoms with van der Waals surface area (Å²) in [5.41, 5.74) is 5.89. The molecule has 112 valence electrons. The van der Waals surface area contributed by atoms with Crippen LogP contribution < -0.4 is 11.1 Å². The number of ether oxygens (including phenoxy) is 1. The standard InChI is InChI=1S/C13H20N2O4S/c1-13(2,3)19-12(16)15-8-9-7-10(14)5-6-11(9)20(4,17)18/h5-7H,8,14H2,1-4H3,(H,15,16). The maximum absolute atomic E-state index is 11.7. The molecule has 0 saturated heterocycles. The van der Waals surface area contributed by atoms with Gasteiger partial charge in [-0.15, -0.1) is 0 Å². The second-order valence-electron chi connectivity index (χ2n) is 5.49. The van der Waals surface area contributed by atoms with Crippen molar-refractivity contribution in [2.75, 3.05) is 12.0 Å². The average molecular weight is 300 g/mol. The van der Waals surface area contributed by atoms with Crippen LogP contribution in [0.5, 0.6) is 0 Å². The molecule has 0 aliphatic heterocycles. The molecule has 0 aromatic heterocycles. The molecule has 1 aromatic carbocycles. The average Bonchev–Trinajstić information content (AvgIpc) is 2.22. The number of nitrogen functional groups attached to an aromatic ring is 1. The number of rotatable bonds is 3. The van der Waals surface area contributed by atoms with Crippen LogP contribution in [0.2, 0.25) is 0 Å². The molecule has 0 bridgehead atoms. The van der Waals surface area contributed by atoms with Gasteiger partial charge in [-0.2, -0.15) is 0 Å². The molecule has 1 amide bonds. The second-order valence-corrected chi connectivity index (χ2v) is 7.48. The first-order chi connectivity index (χ1) is 8.99. The lowest BCUT2D eigenvalue weighted by Crippen LogP contribution is -2.32. The topological polar surface area (TPSA) is 98.5 Å². The lowest BCUT2D eigenvalue weighted by atomic mass is 10.2. The fourth-order valence-electron chi connectivity index (χ4n) is 1.58. The number of hydrogen-bond acceptors (Lipinski definition) is 5. The van der Waals surface area contributed by atoms with Gasteiger partial charge in [0.2, 0.25) is 0 Å². The van der Waals surface area contributed by atoms with Gasteiger partial charge in [0.15, 0.2) is 9.84 Å². The summed E-state index contributed by atoms with van der Waals surface area (Å²) in [6.45, 7) is 5.27. The van der Waals surface area contributed by atoms with Crippen LogP contribution in [-0.2, 0) is 21.1 Å². The summed E-state index contributed by atoms with van der Waals surface area (Å²) in [7, 11) is -3.38. The molecule has 0 saturated carbocycles. The molecule has 0 fully saturated rings. The number of hydrogen-bond donors (Lipinski definition) is 2. The first-order valence-electron chi connectivity index (χ1n) is 6.04. The van der Waals surface area contributed by atoms with Crippen molar-refractivity contribution in [3.05, 3.63) is 23.8 Å². The third-order valence-corrected chi connectivity index (χ3v) is 3.50. The lowest BCUT2D eigenvalue weighted by Gasteiger charge is -2.20. The predicted octanol–water partition coefficient (Wildman–Crippen LogP) is 1.70. The Balaban J connectivity index is 2.88. The summed E-state index contributed by atoms with van der Waals surface area (Å²) >= 11 is 0. The van der Waals surface area contributed by atoms with E-state index in [1.54, 1.807) is 20.8 Å². The first kappa shape index (κ1) is 16.3. The van der Waals surface area contributed by atoms with Gasteiger partial charge in [0.05, 0.1) is 4.90 Å². The van der Waals surface area contributed by atoms with E-state index in [-0.39, 0.29) is 11.4 Å². The molecule has 0 aliphatic carbocycles. The van der Waals surface area contributed by atoms with Crippen molar-refractivity contribution in [2.45, 2.75) is 37.8 Å². The normalized spacial score (nSPS) is 12.0. The Morgan fingerprint density at radius 3 is 2.45 bits per heavy atom. The number of carbonyl (C=O) groups excluding carboxylic acids is 1. The molecule has 1 rings (SSSR count). The summed E-state index contributed by atoms with van der Waals surface area (Å²) in [6.07, 6.45) is 0.495. The Hall–Kier alpha value is -1.76. The summed E-state index contributed by atoms with van der Waals surface area (Å²) in [6, 6.07) is 4.46. The van der Waals surface area contributed by atoms with Gasteiger partial charge >= 0.3 is 6.09 Å². The minimum Gasteiger partial charge on any atom is -0.444 e. The Kier molecular flexibility index (Phi) is 4.65. The Bertz CT molecular complexity index is 603. The molecule has 0 radical (unpaired) electrons. The van der Waals surface area contributed by atoms with Crippen molar-refractivity contribution in [3.63, 3.8) is 0 Å². The summed E-state index contributed by atoms with van der Waals surface area (Å²) in [4.78, 5) is 11.7. The molecule has 1 aromatic rings. The number of nitrogens with two attached hydrogens (primary N) is 1. The van der Waals surface area contributed by atoms with E-state index in [4.69, 9.17) is 10.5 Å². The second kappa shape index (κ2) is 5.70. The number of amides is 1. The van der Waals surface area contributed by atoms with Crippen molar-refractivity contribution in [1.82, 2.24) is 5.32 Å². The van der Waals surface area contributed by atoms with Crippen molar-refractivity contribution in [2.24, 2.45) is 0 Å². The molecule has 3 N–H and O–H groups in total. The number of sulfone groups is 1. The van der Waals surface area contributed by atoms with Crippen LogP contribution >= 0.6 is 0 Å². The molecule has 0 aliphatic rings. The quantitative estimate of drug-likeness (QED) is 0.828. The highest BCUT2D eigenvalue weighted by Crippen LogP contribution is 2.19. The highest BCUT2D eigenvalue weighted by Gasteiger charge is 2.18. The van der Waals surface area contributed by atoms with Crippen LogP contribution in [0, 0.1) is 0 Å². The largest absolute Gasteiger partial charge is 0.444 e. The van der Waals surface area contributed by atoms with Gasteiger partial charge in [-0.3, -0.25) is 0 Å². The van der Waals surface area contributed by atoms with Crippen molar-refractivity contribution in [3.8, 4) is 0 Å². The van der Waals surface area contributed by atoms with Crippen LogP contribution in [0.15, 0.2) is 23.1 Å². The van der Waals surface area contributed by atoms with Crippen LogP contribution in [0.3, 0.4) is 0 Å². The van der Waals surface area contributed by atoms with Gasteiger partial charge in [0.25, 0.3) is 0 Å². The number of benzene rings is 1. The van der Waals surface area contributed by atoms with Crippen LogP contribution in [0.1, 0.15) is 26.3 Å². The van der Waals surface area contributed by atoms with E-state index in [0.29, 0.717) is 11.3 Å². The Morgan fingerprint density at radius 1 is 1.35 bits per heavy atom.